The van der Waals surface area contributed by atoms with Gasteiger partial charge in [0.2, 0.25) is 5.91 Å². The number of unbranched alkanes of at least 4 members (excludes halogenated alkanes) is 3. The van der Waals surface area contributed by atoms with Crippen molar-refractivity contribution < 1.29 is 14.3 Å². The van der Waals surface area contributed by atoms with Crippen LogP contribution in [0.25, 0.3) is 0 Å². The number of nitrogens with one attached hydrogen (secondary N) is 2. The average molecular weight is 304 g/mol. The van der Waals surface area contributed by atoms with Gasteiger partial charge in [-0.3, -0.25) is 20.4 Å². The molecule has 0 aliphatic carbocycles. The van der Waals surface area contributed by atoms with Crippen molar-refractivity contribution in [2.75, 3.05) is 6.61 Å². The minimum absolute atomic E-state index is 0.171. The van der Waals surface area contributed by atoms with Gasteiger partial charge in [0.15, 0.2) is 0 Å². The van der Waals surface area contributed by atoms with Gasteiger partial charge in [-0.2, -0.15) is 0 Å². The van der Waals surface area contributed by atoms with Gasteiger partial charge in [0.1, 0.15) is 12.4 Å². The summed E-state index contributed by atoms with van der Waals surface area (Å²) in [6.07, 6.45) is 6.20. The van der Waals surface area contributed by atoms with E-state index in [1.807, 2.05) is 0 Å². The Kier molecular flexibility index (Phi) is 8.42. The molecule has 0 unspecified atom stereocenters. The van der Waals surface area contributed by atoms with Crippen molar-refractivity contribution in [1.82, 2.24) is 10.9 Å². The van der Waals surface area contributed by atoms with Crippen LogP contribution < -0.4 is 15.6 Å². The molecule has 5 heteroatoms. The van der Waals surface area contributed by atoms with Crippen LogP contribution in [0.15, 0.2) is 36.9 Å². The van der Waals surface area contributed by atoms with Crippen LogP contribution in [-0.4, -0.2) is 18.4 Å². The third-order valence-electron chi connectivity index (χ3n) is 3.06. The average Bonchev–Trinajstić information content (AvgIpc) is 2.55. The SMILES string of the molecule is C=CCOc1ccc(C(=O)NNC(=O)CCCCCC)cc1. The van der Waals surface area contributed by atoms with E-state index in [1.165, 1.54) is 0 Å². The smallest absolute Gasteiger partial charge is 0.269 e. The molecule has 0 saturated heterocycles. The fourth-order valence-electron chi connectivity index (χ4n) is 1.83. The Bertz CT molecular complexity index is 483. The van der Waals surface area contributed by atoms with E-state index in [0.717, 1.165) is 25.7 Å². The summed E-state index contributed by atoms with van der Waals surface area (Å²) < 4.78 is 5.33. The summed E-state index contributed by atoms with van der Waals surface area (Å²) in [5, 5.41) is 0. The van der Waals surface area contributed by atoms with Gasteiger partial charge in [-0.1, -0.05) is 38.8 Å². The molecule has 0 radical (unpaired) electrons. The molecule has 2 amide bonds. The molecule has 0 aromatic heterocycles. The number of ether oxygens (including phenoxy) is 1. The van der Waals surface area contributed by atoms with Gasteiger partial charge in [-0.15, -0.1) is 0 Å². The molecule has 22 heavy (non-hydrogen) atoms. The summed E-state index contributed by atoms with van der Waals surface area (Å²) in [6, 6.07) is 6.68. The summed E-state index contributed by atoms with van der Waals surface area (Å²) in [5.41, 5.74) is 5.29. The first-order chi connectivity index (χ1) is 10.7. The van der Waals surface area contributed by atoms with Crippen LogP contribution in [0.5, 0.6) is 5.75 Å². The second-order valence-corrected chi connectivity index (χ2v) is 4.94. The maximum Gasteiger partial charge on any atom is 0.269 e. The van der Waals surface area contributed by atoms with E-state index < -0.39 is 0 Å². The van der Waals surface area contributed by atoms with E-state index in [0.29, 0.717) is 24.3 Å². The lowest BCUT2D eigenvalue weighted by Crippen LogP contribution is -2.41. The number of benzene rings is 1. The normalized spacial score (nSPS) is 9.86. The molecular formula is C17H24N2O3. The molecule has 0 heterocycles. The topological polar surface area (TPSA) is 67.4 Å². The van der Waals surface area contributed by atoms with Gasteiger partial charge in [0.05, 0.1) is 0 Å². The van der Waals surface area contributed by atoms with Crippen molar-refractivity contribution in [2.24, 2.45) is 0 Å². The second-order valence-electron chi connectivity index (χ2n) is 4.94. The quantitative estimate of drug-likeness (QED) is 0.419. The molecule has 0 bridgehead atoms. The Morgan fingerprint density at radius 3 is 2.50 bits per heavy atom. The molecule has 120 valence electrons. The Labute approximate surface area is 131 Å². The Morgan fingerprint density at radius 1 is 1.14 bits per heavy atom. The van der Waals surface area contributed by atoms with Crippen LogP contribution in [0.1, 0.15) is 49.4 Å². The van der Waals surface area contributed by atoms with E-state index in [2.05, 4.69) is 24.4 Å². The molecular weight excluding hydrogens is 280 g/mol. The highest BCUT2D eigenvalue weighted by Crippen LogP contribution is 2.12. The predicted octanol–water partition coefficient (Wildman–Crippen LogP) is 2.98. The van der Waals surface area contributed by atoms with Crippen LogP contribution in [0.4, 0.5) is 0 Å². The van der Waals surface area contributed by atoms with Crippen LogP contribution in [0, 0.1) is 0 Å². The lowest BCUT2D eigenvalue weighted by Gasteiger charge is -2.08. The molecule has 1 aromatic rings. The molecule has 2 N–H and O–H groups in total. The van der Waals surface area contributed by atoms with E-state index in [4.69, 9.17) is 4.74 Å². The zero-order valence-electron chi connectivity index (χ0n) is 13.1. The highest BCUT2D eigenvalue weighted by atomic mass is 16.5. The molecule has 0 spiro atoms. The molecule has 0 saturated carbocycles. The molecule has 1 aromatic carbocycles. The number of hydrogen-bond acceptors (Lipinski definition) is 3. The van der Waals surface area contributed by atoms with Gasteiger partial charge in [-0.25, -0.2) is 0 Å². The summed E-state index contributed by atoms with van der Waals surface area (Å²) in [5.74, 6) is 0.143. The first-order valence-electron chi connectivity index (χ1n) is 7.60. The molecule has 1 rings (SSSR count). The third kappa shape index (κ3) is 6.92. The zero-order chi connectivity index (χ0) is 16.2. The minimum atomic E-state index is -0.350. The zero-order valence-corrected chi connectivity index (χ0v) is 13.1. The summed E-state index contributed by atoms with van der Waals surface area (Å²) in [4.78, 5) is 23.4. The predicted molar refractivity (Wildman–Crippen MR) is 86.5 cm³/mol. The van der Waals surface area contributed by atoms with Crippen LogP contribution >= 0.6 is 0 Å². The van der Waals surface area contributed by atoms with Crippen LogP contribution in [-0.2, 0) is 4.79 Å². The fraction of sp³-hybridized carbons (Fsp3) is 0.412. The van der Waals surface area contributed by atoms with E-state index in [9.17, 15) is 9.59 Å². The maximum absolute atomic E-state index is 11.9. The van der Waals surface area contributed by atoms with Gasteiger partial charge < -0.3 is 4.74 Å². The number of carbonyl (C=O) groups is 2. The first-order valence-corrected chi connectivity index (χ1v) is 7.60. The van der Waals surface area contributed by atoms with E-state index in [1.54, 1.807) is 30.3 Å². The van der Waals surface area contributed by atoms with Gasteiger partial charge in [0.25, 0.3) is 5.91 Å². The highest BCUT2D eigenvalue weighted by molar-refractivity contribution is 5.95. The van der Waals surface area contributed by atoms with Crippen molar-refractivity contribution in [2.45, 2.75) is 39.0 Å². The summed E-state index contributed by atoms with van der Waals surface area (Å²) >= 11 is 0. The van der Waals surface area contributed by atoms with Crippen molar-refractivity contribution in [1.29, 1.82) is 0 Å². The number of amides is 2. The van der Waals surface area contributed by atoms with E-state index in [-0.39, 0.29) is 11.8 Å². The van der Waals surface area contributed by atoms with Crippen LogP contribution in [0.3, 0.4) is 0 Å². The van der Waals surface area contributed by atoms with Crippen molar-refractivity contribution in [3.63, 3.8) is 0 Å². The fourth-order valence-corrected chi connectivity index (χ4v) is 1.83. The maximum atomic E-state index is 11.9. The monoisotopic (exact) mass is 304 g/mol. The van der Waals surface area contributed by atoms with Crippen molar-refractivity contribution in [3.8, 4) is 5.75 Å². The minimum Gasteiger partial charge on any atom is -0.490 e. The molecule has 0 aliphatic heterocycles. The Balaban J connectivity index is 2.32. The number of hydrogen-bond donors (Lipinski definition) is 2. The van der Waals surface area contributed by atoms with Crippen molar-refractivity contribution >= 4 is 11.8 Å². The van der Waals surface area contributed by atoms with Crippen molar-refractivity contribution in [3.05, 3.63) is 42.5 Å². The third-order valence-corrected chi connectivity index (χ3v) is 3.06. The van der Waals surface area contributed by atoms with Gasteiger partial charge in [0, 0.05) is 12.0 Å². The largest absolute Gasteiger partial charge is 0.490 e. The Morgan fingerprint density at radius 2 is 1.86 bits per heavy atom. The molecule has 0 aliphatic rings. The second kappa shape index (κ2) is 10.4. The standard InChI is InChI=1S/C17H24N2O3/c1-3-5-6-7-8-16(20)18-19-17(21)14-9-11-15(12-10-14)22-13-4-2/h4,9-12H,2-3,5-8,13H2,1H3,(H,18,20)(H,19,21). The number of hydrazine groups is 1. The van der Waals surface area contributed by atoms with Gasteiger partial charge in [-0.05, 0) is 30.7 Å². The molecule has 5 nitrogen and oxygen atoms in total. The highest BCUT2D eigenvalue weighted by Gasteiger charge is 2.07. The number of rotatable bonds is 9. The molecule has 0 atom stereocenters. The summed E-state index contributed by atoms with van der Waals surface area (Å²) in [7, 11) is 0. The van der Waals surface area contributed by atoms with Gasteiger partial charge >= 0.3 is 0 Å². The molecule has 0 fully saturated rings. The Hall–Kier alpha value is -2.30. The van der Waals surface area contributed by atoms with E-state index >= 15 is 0 Å². The lowest BCUT2D eigenvalue weighted by molar-refractivity contribution is -0.122. The first kappa shape index (κ1) is 17.8. The number of carbonyl (C=O) groups excluding carboxylic acids is 2. The summed E-state index contributed by atoms with van der Waals surface area (Å²) in [6.45, 7) is 6.10. The lowest BCUT2D eigenvalue weighted by atomic mass is 10.1. The van der Waals surface area contributed by atoms with Crippen LogP contribution in [0.2, 0.25) is 0 Å².